The molecule has 0 aliphatic rings. The number of hydrogen-bond donors (Lipinski definition) is 1. The second-order valence-electron chi connectivity index (χ2n) is 7.42. The summed E-state index contributed by atoms with van der Waals surface area (Å²) >= 11 is 6.18. The van der Waals surface area contributed by atoms with Gasteiger partial charge < -0.3 is 5.32 Å². The van der Waals surface area contributed by atoms with E-state index in [0.29, 0.717) is 32.9 Å². The number of halogens is 1. The molecule has 32 heavy (non-hydrogen) atoms. The van der Waals surface area contributed by atoms with Crippen LogP contribution in [0.2, 0.25) is 5.02 Å². The predicted octanol–water partition coefficient (Wildman–Crippen LogP) is 4.39. The lowest BCUT2D eigenvalue weighted by Gasteiger charge is -2.16. The average molecular weight is 447 g/mol. The molecule has 0 saturated heterocycles. The lowest BCUT2D eigenvalue weighted by molar-refractivity contribution is -0.129. The second kappa shape index (κ2) is 8.72. The Morgan fingerprint density at radius 1 is 0.969 bits per heavy atom. The summed E-state index contributed by atoms with van der Waals surface area (Å²) in [4.78, 5) is 38.1. The number of hydrogen-bond acceptors (Lipinski definition) is 5. The maximum atomic E-state index is 13.0. The molecule has 0 bridgehead atoms. The number of benzene rings is 3. The van der Waals surface area contributed by atoms with Crippen molar-refractivity contribution in [2.24, 2.45) is 0 Å². The van der Waals surface area contributed by atoms with Crippen molar-refractivity contribution in [3.8, 4) is 0 Å². The van der Waals surface area contributed by atoms with Crippen molar-refractivity contribution in [1.29, 1.82) is 0 Å². The molecule has 0 radical (unpaired) electrons. The van der Waals surface area contributed by atoms with Gasteiger partial charge >= 0.3 is 0 Å². The molecule has 3 aromatic carbocycles. The average Bonchev–Trinajstić information content (AvgIpc) is 3.19. The van der Waals surface area contributed by atoms with Crippen LogP contribution in [0.25, 0.3) is 11.0 Å². The SMILES string of the molecule is CC(=O)C(C(=O)Nc1cc(C)ccc1Cl)n1nnc2cc(C(=O)c3ccccc3)ccc21. The Morgan fingerprint density at radius 2 is 1.72 bits per heavy atom. The molecule has 1 N–H and O–H groups in total. The number of rotatable bonds is 6. The van der Waals surface area contributed by atoms with Gasteiger partial charge in [-0.2, -0.15) is 0 Å². The molecule has 4 aromatic rings. The van der Waals surface area contributed by atoms with Crippen molar-refractivity contribution in [2.75, 3.05) is 5.32 Å². The Bertz CT molecular complexity index is 1350. The fraction of sp³-hybridized carbons (Fsp3) is 0.125. The molecule has 8 heteroatoms. The molecule has 1 amide bonds. The van der Waals surface area contributed by atoms with Crippen LogP contribution >= 0.6 is 11.6 Å². The van der Waals surface area contributed by atoms with Gasteiger partial charge in [0.2, 0.25) is 0 Å². The van der Waals surface area contributed by atoms with Gasteiger partial charge in [-0.3, -0.25) is 14.4 Å². The number of aryl methyl sites for hydroxylation is 1. The Kier molecular flexibility index (Phi) is 5.83. The number of anilines is 1. The van der Waals surface area contributed by atoms with Gasteiger partial charge in [0.15, 0.2) is 17.6 Å². The lowest BCUT2D eigenvalue weighted by Crippen LogP contribution is -2.32. The van der Waals surface area contributed by atoms with Crippen molar-refractivity contribution in [2.45, 2.75) is 19.9 Å². The van der Waals surface area contributed by atoms with Gasteiger partial charge in [-0.05, 0) is 49.7 Å². The highest BCUT2D eigenvalue weighted by atomic mass is 35.5. The largest absolute Gasteiger partial charge is 0.322 e. The van der Waals surface area contributed by atoms with Gasteiger partial charge in [-0.15, -0.1) is 5.10 Å². The minimum absolute atomic E-state index is 0.156. The van der Waals surface area contributed by atoms with Gasteiger partial charge in [0.1, 0.15) is 5.52 Å². The van der Waals surface area contributed by atoms with Crippen LogP contribution in [-0.4, -0.2) is 32.5 Å². The molecule has 160 valence electrons. The zero-order valence-electron chi connectivity index (χ0n) is 17.4. The number of aromatic nitrogens is 3. The highest BCUT2D eigenvalue weighted by Crippen LogP contribution is 2.25. The molecule has 4 rings (SSSR count). The summed E-state index contributed by atoms with van der Waals surface area (Å²) in [5, 5.41) is 11.2. The number of carbonyl (C=O) groups excluding carboxylic acids is 3. The van der Waals surface area contributed by atoms with E-state index in [-0.39, 0.29) is 5.78 Å². The van der Waals surface area contributed by atoms with E-state index in [4.69, 9.17) is 11.6 Å². The van der Waals surface area contributed by atoms with Crippen molar-refractivity contribution in [3.05, 3.63) is 88.4 Å². The van der Waals surface area contributed by atoms with Crippen molar-refractivity contribution in [1.82, 2.24) is 15.0 Å². The van der Waals surface area contributed by atoms with Crippen LogP contribution in [0.5, 0.6) is 0 Å². The van der Waals surface area contributed by atoms with E-state index in [2.05, 4.69) is 15.6 Å². The van der Waals surface area contributed by atoms with Crippen LogP contribution in [0.4, 0.5) is 5.69 Å². The highest BCUT2D eigenvalue weighted by Gasteiger charge is 2.29. The summed E-state index contributed by atoms with van der Waals surface area (Å²) in [5.41, 5.74) is 3.16. The molecular weight excluding hydrogens is 428 g/mol. The number of carbonyl (C=O) groups is 3. The van der Waals surface area contributed by atoms with Crippen LogP contribution in [0.15, 0.2) is 66.7 Å². The van der Waals surface area contributed by atoms with Crippen LogP contribution in [0, 0.1) is 6.92 Å². The molecule has 0 spiro atoms. The third-order valence-corrected chi connectivity index (χ3v) is 5.36. The van der Waals surface area contributed by atoms with Crippen LogP contribution in [0.3, 0.4) is 0 Å². The molecule has 0 saturated carbocycles. The summed E-state index contributed by atoms with van der Waals surface area (Å²) in [5.74, 6) is -1.15. The molecule has 7 nitrogen and oxygen atoms in total. The first-order chi connectivity index (χ1) is 15.3. The molecule has 0 aliphatic carbocycles. The standard InChI is InChI=1S/C24H19ClN4O3/c1-14-8-10-18(25)19(12-14)26-24(32)22(15(2)30)29-21-11-9-17(13-20(21)27-28-29)23(31)16-6-4-3-5-7-16/h3-13,22H,1-2H3,(H,26,32). The van der Waals surface area contributed by atoms with Crippen LogP contribution in [0.1, 0.15) is 34.5 Å². The summed E-state index contributed by atoms with van der Waals surface area (Å²) in [6, 6.07) is 17.7. The normalized spacial score (nSPS) is 11.8. The monoisotopic (exact) mass is 446 g/mol. The van der Waals surface area contributed by atoms with Gasteiger partial charge in [0.25, 0.3) is 5.91 Å². The Morgan fingerprint density at radius 3 is 2.44 bits per heavy atom. The van der Waals surface area contributed by atoms with Crippen LogP contribution in [-0.2, 0) is 9.59 Å². The van der Waals surface area contributed by atoms with E-state index < -0.39 is 17.7 Å². The van der Waals surface area contributed by atoms with Gasteiger partial charge in [0.05, 0.1) is 16.2 Å². The number of amides is 1. The maximum Gasteiger partial charge on any atom is 0.257 e. The third-order valence-electron chi connectivity index (χ3n) is 5.03. The minimum Gasteiger partial charge on any atom is -0.322 e. The van der Waals surface area contributed by atoms with Crippen molar-refractivity contribution < 1.29 is 14.4 Å². The second-order valence-corrected chi connectivity index (χ2v) is 7.83. The molecule has 0 fully saturated rings. The quantitative estimate of drug-likeness (QED) is 0.350. The zero-order chi connectivity index (χ0) is 22.8. The number of Topliss-reactive ketones (excluding diaryl/α,β-unsaturated/α-hetero) is 1. The van der Waals surface area contributed by atoms with E-state index in [1.165, 1.54) is 11.6 Å². The van der Waals surface area contributed by atoms with Crippen molar-refractivity contribution >= 4 is 45.8 Å². The number of nitrogens with zero attached hydrogens (tertiary/aromatic N) is 3. The molecular formula is C24H19ClN4O3. The third kappa shape index (κ3) is 4.15. The molecule has 1 heterocycles. The summed E-state index contributed by atoms with van der Waals surface area (Å²) in [6.07, 6.45) is 0. The fourth-order valence-electron chi connectivity index (χ4n) is 3.43. The fourth-order valence-corrected chi connectivity index (χ4v) is 3.60. The van der Waals surface area contributed by atoms with E-state index in [9.17, 15) is 14.4 Å². The van der Waals surface area contributed by atoms with E-state index in [1.54, 1.807) is 54.6 Å². The minimum atomic E-state index is -1.24. The molecule has 1 aromatic heterocycles. The van der Waals surface area contributed by atoms with Gasteiger partial charge in [0, 0.05) is 11.1 Å². The first kappa shape index (κ1) is 21.4. The summed E-state index contributed by atoms with van der Waals surface area (Å²) in [7, 11) is 0. The van der Waals surface area contributed by atoms with Crippen molar-refractivity contribution in [3.63, 3.8) is 0 Å². The molecule has 1 atom stereocenters. The number of ketones is 2. The van der Waals surface area contributed by atoms with E-state index in [0.717, 1.165) is 5.56 Å². The van der Waals surface area contributed by atoms with Gasteiger partial charge in [-0.1, -0.05) is 53.2 Å². The topological polar surface area (TPSA) is 93.9 Å². The first-order valence-corrected chi connectivity index (χ1v) is 10.2. The van der Waals surface area contributed by atoms with E-state index in [1.807, 2.05) is 19.1 Å². The Hall–Kier alpha value is -3.84. The van der Waals surface area contributed by atoms with E-state index >= 15 is 0 Å². The highest BCUT2D eigenvalue weighted by molar-refractivity contribution is 6.34. The smallest absolute Gasteiger partial charge is 0.257 e. The Balaban J connectivity index is 1.67. The van der Waals surface area contributed by atoms with Crippen LogP contribution < -0.4 is 5.32 Å². The maximum absolute atomic E-state index is 13.0. The van der Waals surface area contributed by atoms with Gasteiger partial charge in [-0.25, -0.2) is 4.68 Å². The zero-order valence-corrected chi connectivity index (χ0v) is 18.1. The lowest BCUT2D eigenvalue weighted by atomic mass is 10.0. The number of nitrogens with one attached hydrogen (secondary N) is 1. The summed E-state index contributed by atoms with van der Waals surface area (Å²) in [6.45, 7) is 3.18. The molecule has 1 unspecified atom stereocenters. The first-order valence-electron chi connectivity index (χ1n) is 9.87. The summed E-state index contributed by atoms with van der Waals surface area (Å²) < 4.78 is 1.26. The molecule has 0 aliphatic heterocycles. The Labute approximate surface area is 189 Å². The predicted molar refractivity (Wildman–Crippen MR) is 122 cm³/mol. The number of fused-ring (bicyclic) bond motifs is 1.